The number of nitrogen functional groups attached to an aromatic ring is 1. The van der Waals surface area contributed by atoms with Gasteiger partial charge in [-0.15, -0.1) is 0 Å². The Labute approximate surface area is 172 Å². The van der Waals surface area contributed by atoms with Crippen LogP contribution in [0.2, 0.25) is 0 Å². The summed E-state index contributed by atoms with van der Waals surface area (Å²) in [6.45, 7) is 5.94. The van der Waals surface area contributed by atoms with Gasteiger partial charge in [0.05, 0.1) is 5.71 Å². The van der Waals surface area contributed by atoms with E-state index in [0.29, 0.717) is 5.95 Å². The number of nitrogens with one attached hydrogen (secondary N) is 1. The van der Waals surface area contributed by atoms with Crippen molar-refractivity contribution in [2.24, 2.45) is 5.10 Å². The van der Waals surface area contributed by atoms with Crippen LogP contribution in [-0.2, 0) is 0 Å². The van der Waals surface area contributed by atoms with E-state index in [9.17, 15) is 0 Å². The van der Waals surface area contributed by atoms with Crippen LogP contribution < -0.4 is 21.0 Å². The van der Waals surface area contributed by atoms with E-state index in [1.807, 2.05) is 31.2 Å². The van der Waals surface area contributed by atoms with Gasteiger partial charge in [-0.1, -0.05) is 12.1 Å². The molecule has 4 rings (SSSR count). The molecule has 2 aromatic rings. The third-order valence-electron chi connectivity index (χ3n) is 5.54. The predicted octanol–water partition coefficient (Wildman–Crippen LogP) is 3.27. The highest BCUT2D eigenvalue weighted by Gasteiger charge is 2.20. The van der Waals surface area contributed by atoms with E-state index in [2.05, 4.69) is 30.3 Å². The number of hydrazone groups is 1. The lowest BCUT2D eigenvalue weighted by molar-refractivity contribution is 0.556. The number of hydrogen-bond acceptors (Lipinski definition) is 8. The maximum atomic E-state index is 5.78. The van der Waals surface area contributed by atoms with Crippen molar-refractivity contribution in [1.82, 2.24) is 15.0 Å². The number of nitrogens with two attached hydrogens (primary N) is 1. The van der Waals surface area contributed by atoms with Gasteiger partial charge >= 0.3 is 0 Å². The van der Waals surface area contributed by atoms with E-state index < -0.39 is 0 Å². The van der Waals surface area contributed by atoms with E-state index in [-0.39, 0.29) is 0 Å². The first-order chi connectivity index (χ1) is 14.2. The molecular formula is C21H30N8. The Kier molecular flexibility index (Phi) is 6.07. The molecule has 8 nitrogen and oxygen atoms in total. The Morgan fingerprint density at radius 1 is 0.828 bits per heavy atom. The minimum absolute atomic E-state index is 0.496. The molecule has 1 aromatic carbocycles. The molecule has 0 aliphatic carbocycles. The Morgan fingerprint density at radius 2 is 1.34 bits per heavy atom. The lowest BCUT2D eigenvalue weighted by Crippen LogP contribution is -2.34. The van der Waals surface area contributed by atoms with Gasteiger partial charge in [0.2, 0.25) is 17.8 Å². The Bertz CT molecular complexity index is 800. The highest BCUT2D eigenvalue weighted by Crippen LogP contribution is 2.22. The Hall–Kier alpha value is -2.90. The van der Waals surface area contributed by atoms with Crippen molar-refractivity contribution in [2.45, 2.75) is 45.4 Å². The molecule has 2 aliphatic heterocycles. The summed E-state index contributed by atoms with van der Waals surface area (Å²) < 4.78 is 0. The molecule has 0 bridgehead atoms. The summed E-state index contributed by atoms with van der Waals surface area (Å²) in [5.41, 5.74) is 11.4. The van der Waals surface area contributed by atoms with Crippen LogP contribution in [0.25, 0.3) is 0 Å². The van der Waals surface area contributed by atoms with Crippen LogP contribution in [0, 0.1) is 0 Å². The van der Waals surface area contributed by atoms with Gasteiger partial charge < -0.3 is 15.5 Å². The van der Waals surface area contributed by atoms with Gasteiger partial charge in [-0.3, -0.25) is 0 Å². The van der Waals surface area contributed by atoms with Gasteiger partial charge in [0.15, 0.2) is 0 Å². The average Bonchev–Trinajstić information content (AvgIpc) is 2.79. The molecule has 3 N–H and O–H groups in total. The molecular weight excluding hydrogens is 364 g/mol. The largest absolute Gasteiger partial charge is 0.399 e. The number of anilines is 4. The van der Waals surface area contributed by atoms with Crippen LogP contribution in [0.4, 0.5) is 23.5 Å². The number of benzene rings is 1. The van der Waals surface area contributed by atoms with Crippen LogP contribution in [-0.4, -0.2) is 46.8 Å². The van der Waals surface area contributed by atoms with Crippen molar-refractivity contribution in [2.75, 3.05) is 47.1 Å². The number of rotatable bonds is 5. The molecule has 1 aromatic heterocycles. The Morgan fingerprint density at radius 3 is 1.86 bits per heavy atom. The number of nitrogens with zero attached hydrogens (tertiary/aromatic N) is 6. The zero-order valence-electron chi connectivity index (χ0n) is 17.1. The SMILES string of the molecule is C/C(=N\Nc1nc(N2CCCCC2)nc(N2CCCCC2)n1)c1ccc(N)cc1. The van der Waals surface area contributed by atoms with E-state index in [4.69, 9.17) is 10.7 Å². The molecule has 0 spiro atoms. The fourth-order valence-electron chi connectivity index (χ4n) is 3.80. The first kappa shape index (κ1) is 19.4. The molecule has 2 saturated heterocycles. The predicted molar refractivity (Wildman–Crippen MR) is 119 cm³/mol. The van der Waals surface area contributed by atoms with Crippen molar-refractivity contribution >= 4 is 29.2 Å². The summed E-state index contributed by atoms with van der Waals surface area (Å²) in [5, 5.41) is 4.50. The molecule has 0 saturated carbocycles. The van der Waals surface area contributed by atoms with Gasteiger partial charge in [-0.25, -0.2) is 5.43 Å². The van der Waals surface area contributed by atoms with Crippen molar-refractivity contribution in [3.8, 4) is 0 Å². The van der Waals surface area contributed by atoms with Gasteiger partial charge in [-0.2, -0.15) is 20.1 Å². The molecule has 154 valence electrons. The highest BCUT2D eigenvalue weighted by molar-refractivity contribution is 5.99. The van der Waals surface area contributed by atoms with Crippen molar-refractivity contribution in [3.63, 3.8) is 0 Å². The van der Waals surface area contributed by atoms with Gasteiger partial charge in [0.25, 0.3) is 0 Å². The molecule has 0 radical (unpaired) electrons. The first-order valence-electron chi connectivity index (χ1n) is 10.6. The van der Waals surface area contributed by atoms with Crippen LogP contribution in [0.15, 0.2) is 29.4 Å². The molecule has 0 unspecified atom stereocenters. The maximum Gasteiger partial charge on any atom is 0.250 e. The topological polar surface area (TPSA) is 95.6 Å². The summed E-state index contributed by atoms with van der Waals surface area (Å²) in [7, 11) is 0. The second-order valence-corrected chi connectivity index (χ2v) is 7.79. The maximum absolute atomic E-state index is 5.78. The molecule has 2 aliphatic rings. The first-order valence-corrected chi connectivity index (χ1v) is 10.6. The van der Waals surface area contributed by atoms with Crippen molar-refractivity contribution in [3.05, 3.63) is 29.8 Å². The molecule has 2 fully saturated rings. The summed E-state index contributed by atoms with van der Waals surface area (Å²) in [6.07, 6.45) is 7.28. The number of aromatic nitrogens is 3. The van der Waals surface area contributed by atoms with Crippen LogP contribution in [0.5, 0.6) is 0 Å². The van der Waals surface area contributed by atoms with E-state index in [1.165, 1.54) is 38.5 Å². The molecule has 0 amide bonds. The minimum atomic E-state index is 0.496. The van der Waals surface area contributed by atoms with E-state index in [0.717, 1.165) is 55.0 Å². The second-order valence-electron chi connectivity index (χ2n) is 7.79. The number of hydrogen-bond donors (Lipinski definition) is 2. The fraction of sp³-hybridized carbons (Fsp3) is 0.524. The summed E-state index contributed by atoms with van der Waals surface area (Å²) in [4.78, 5) is 18.7. The van der Waals surface area contributed by atoms with Gasteiger partial charge in [-0.05, 0) is 63.1 Å². The van der Waals surface area contributed by atoms with E-state index >= 15 is 0 Å². The van der Waals surface area contributed by atoms with Gasteiger partial charge in [0.1, 0.15) is 0 Å². The zero-order valence-corrected chi connectivity index (χ0v) is 17.1. The lowest BCUT2D eigenvalue weighted by atomic mass is 10.1. The minimum Gasteiger partial charge on any atom is -0.399 e. The van der Waals surface area contributed by atoms with Crippen molar-refractivity contribution in [1.29, 1.82) is 0 Å². The molecule has 29 heavy (non-hydrogen) atoms. The quantitative estimate of drug-likeness (QED) is 0.456. The summed E-state index contributed by atoms with van der Waals surface area (Å²) in [6, 6.07) is 7.67. The monoisotopic (exact) mass is 394 g/mol. The van der Waals surface area contributed by atoms with Gasteiger partial charge in [0, 0.05) is 31.9 Å². The lowest BCUT2D eigenvalue weighted by Gasteiger charge is -2.30. The van der Waals surface area contributed by atoms with Crippen molar-refractivity contribution < 1.29 is 0 Å². The zero-order chi connectivity index (χ0) is 20.1. The average molecular weight is 395 g/mol. The number of piperidine rings is 2. The third-order valence-corrected chi connectivity index (χ3v) is 5.54. The standard InChI is InChI=1S/C21H30N8/c1-16(17-8-10-18(22)11-9-17)26-27-19-23-20(28-12-4-2-5-13-28)25-21(24-19)29-14-6-3-7-15-29/h8-11H,2-7,12-15,22H2,1H3,(H,23,24,25,27)/b26-16+. The summed E-state index contributed by atoms with van der Waals surface area (Å²) in [5.74, 6) is 2.00. The second kappa shape index (κ2) is 9.07. The third kappa shape index (κ3) is 4.93. The summed E-state index contributed by atoms with van der Waals surface area (Å²) >= 11 is 0. The van der Waals surface area contributed by atoms with Crippen LogP contribution in [0.1, 0.15) is 51.0 Å². The highest BCUT2D eigenvalue weighted by atomic mass is 15.4. The normalized spacial score (nSPS) is 18.0. The molecule has 8 heteroatoms. The smallest absolute Gasteiger partial charge is 0.250 e. The fourth-order valence-corrected chi connectivity index (χ4v) is 3.80. The molecule has 0 atom stereocenters. The molecule has 3 heterocycles. The van der Waals surface area contributed by atoms with Crippen LogP contribution >= 0.6 is 0 Å². The Balaban J connectivity index is 1.58. The van der Waals surface area contributed by atoms with E-state index in [1.54, 1.807) is 0 Å². The van der Waals surface area contributed by atoms with Crippen LogP contribution in [0.3, 0.4) is 0 Å².